The van der Waals surface area contributed by atoms with Crippen LogP contribution >= 0.6 is 0 Å². The second kappa shape index (κ2) is 5.53. The first kappa shape index (κ1) is 14.7. The van der Waals surface area contributed by atoms with Gasteiger partial charge in [0.2, 0.25) is 0 Å². The quantitative estimate of drug-likeness (QED) is 0.690. The Hall–Kier alpha value is -3.22. The monoisotopic (exact) mass is 312 g/mol. The summed E-state index contributed by atoms with van der Waals surface area (Å²) in [6.07, 6.45) is 0. The summed E-state index contributed by atoms with van der Waals surface area (Å²) >= 11 is 0. The molecule has 7 heteroatoms. The molecule has 2 aromatic rings. The highest BCUT2D eigenvalue weighted by atomic mass is 16.6. The summed E-state index contributed by atoms with van der Waals surface area (Å²) in [5.74, 6) is -1.46. The van der Waals surface area contributed by atoms with Crippen LogP contribution in [-0.2, 0) is 11.3 Å². The molecule has 7 nitrogen and oxygen atoms in total. The smallest absolute Gasteiger partial charge is 0.331 e. The maximum Gasteiger partial charge on any atom is 0.331 e. The van der Waals surface area contributed by atoms with Crippen molar-refractivity contribution >= 4 is 17.6 Å². The highest BCUT2D eigenvalue weighted by Crippen LogP contribution is 2.35. The minimum atomic E-state index is -1.11. The second-order valence-corrected chi connectivity index (χ2v) is 5.18. The summed E-state index contributed by atoms with van der Waals surface area (Å²) in [7, 11) is 0. The molecule has 0 fully saturated rings. The van der Waals surface area contributed by atoms with Crippen LogP contribution in [0.15, 0.2) is 48.5 Å². The third kappa shape index (κ3) is 2.52. The van der Waals surface area contributed by atoms with Crippen molar-refractivity contribution in [2.75, 3.05) is 0 Å². The fraction of sp³-hybridized carbons (Fsp3) is 0.125. The maximum absolute atomic E-state index is 12.4. The third-order valence-corrected chi connectivity index (χ3v) is 3.79. The maximum atomic E-state index is 12.4. The SMILES string of the molecule is O=C(O)C1c2ccccc2C(=O)N1Cc1ccc([N+](=O)[O-])cc1. The number of nitro groups is 1. The fourth-order valence-corrected chi connectivity index (χ4v) is 2.72. The van der Waals surface area contributed by atoms with Crippen LogP contribution in [0.25, 0.3) is 0 Å². The van der Waals surface area contributed by atoms with Gasteiger partial charge in [0.15, 0.2) is 6.04 Å². The Morgan fingerprint density at radius 2 is 1.83 bits per heavy atom. The summed E-state index contributed by atoms with van der Waals surface area (Å²) in [5.41, 5.74) is 1.41. The van der Waals surface area contributed by atoms with Gasteiger partial charge in [0.25, 0.3) is 11.6 Å². The van der Waals surface area contributed by atoms with Crippen molar-refractivity contribution in [2.24, 2.45) is 0 Å². The number of rotatable bonds is 4. The molecule has 1 unspecified atom stereocenters. The zero-order chi connectivity index (χ0) is 16.6. The summed E-state index contributed by atoms with van der Waals surface area (Å²) in [4.78, 5) is 35.4. The first-order valence-corrected chi connectivity index (χ1v) is 6.85. The van der Waals surface area contributed by atoms with Crippen molar-refractivity contribution in [1.82, 2.24) is 4.90 Å². The number of non-ortho nitro benzene ring substituents is 1. The van der Waals surface area contributed by atoms with E-state index >= 15 is 0 Å². The summed E-state index contributed by atoms with van der Waals surface area (Å²) in [6.45, 7) is 0.0719. The molecule has 0 spiro atoms. The zero-order valence-corrected chi connectivity index (χ0v) is 11.9. The average molecular weight is 312 g/mol. The molecule has 1 aliphatic rings. The number of hydrogen-bond donors (Lipinski definition) is 1. The number of carbonyl (C=O) groups excluding carboxylic acids is 1. The van der Waals surface area contributed by atoms with Gasteiger partial charge in [0.1, 0.15) is 0 Å². The normalized spacial score (nSPS) is 16.3. The van der Waals surface area contributed by atoms with Crippen LogP contribution in [0.2, 0.25) is 0 Å². The standard InChI is InChI=1S/C16H12N2O5/c19-15-13-4-2-1-3-12(13)14(16(20)21)17(15)9-10-5-7-11(8-6-10)18(22)23/h1-8,14H,9H2,(H,20,21). The first-order chi connectivity index (χ1) is 11.0. The van der Waals surface area contributed by atoms with Crippen LogP contribution in [0, 0.1) is 10.1 Å². The highest BCUT2D eigenvalue weighted by molar-refractivity contribution is 6.03. The summed E-state index contributed by atoms with van der Waals surface area (Å²) in [6, 6.07) is 11.3. The summed E-state index contributed by atoms with van der Waals surface area (Å²) in [5, 5.41) is 20.1. The van der Waals surface area contributed by atoms with Gasteiger partial charge in [-0.25, -0.2) is 4.79 Å². The third-order valence-electron chi connectivity index (χ3n) is 3.79. The van der Waals surface area contributed by atoms with Crippen LogP contribution < -0.4 is 0 Å². The Bertz CT molecular complexity index is 800. The fourth-order valence-electron chi connectivity index (χ4n) is 2.72. The largest absolute Gasteiger partial charge is 0.479 e. The van der Waals surface area contributed by atoms with Crippen LogP contribution in [-0.4, -0.2) is 26.8 Å². The lowest BCUT2D eigenvalue weighted by Crippen LogP contribution is -2.32. The Morgan fingerprint density at radius 1 is 1.17 bits per heavy atom. The van der Waals surface area contributed by atoms with E-state index in [-0.39, 0.29) is 18.1 Å². The number of carboxylic acids is 1. The van der Waals surface area contributed by atoms with Gasteiger partial charge < -0.3 is 10.0 Å². The minimum absolute atomic E-state index is 0.0560. The Labute approximate surface area is 130 Å². The lowest BCUT2D eigenvalue weighted by molar-refractivity contribution is -0.384. The Balaban J connectivity index is 1.91. The molecule has 1 atom stereocenters. The lowest BCUT2D eigenvalue weighted by Gasteiger charge is -2.22. The molecule has 1 aliphatic heterocycles. The number of aliphatic carboxylic acids is 1. The van der Waals surface area contributed by atoms with E-state index in [9.17, 15) is 24.8 Å². The van der Waals surface area contributed by atoms with Crippen molar-refractivity contribution in [3.8, 4) is 0 Å². The predicted molar refractivity (Wildman–Crippen MR) is 79.8 cm³/mol. The molecule has 0 bridgehead atoms. The van der Waals surface area contributed by atoms with Crippen molar-refractivity contribution in [3.63, 3.8) is 0 Å². The van der Waals surface area contributed by atoms with Crippen LogP contribution in [0.1, 0.15) is 27.5 Å². The minimum Gasteiger partial charge on any atom is -0.479 e. The molecule has 116 valence electrons. The molecule has 3 rings (SSSR count). The van der Waals surface area contributed by atoms with Gasteiger partial charge >= 0.3 is 5.97 Å². The number of amides is 1. The number of nitro benzene ring substituents is 1. The Morgan fingerprint density at radius 3 is 2.43 bits per heavy atom. The van der Waals surface area contributed by atoms with E-state index in [1.54, 1.807) is 24.3 Å². The molecule has 0 radical (unpaired) electrons. The molecular weight excluding hydrogens is 300 g/mol. The number of benzene rings is 2. The lowest BCUT2D eigenvalue weighted by atomic mass is 10.0. The molecule has 0 saturated carbocycles. The van der Waals surface area contributed by atoms with Gasteiger partial charge in [-0.05, 0) is 17.2 Å². The van der Waals surface area contributed by atoms with E-state index in [4.69, 9.17) is 0 Å². The van der Waals surface area contributed by atoms with Crippen LogP contribution in [0.5, 0.6) is 0 Å². The second-order valence-electron chi connectivity index (χ2n) is 5.18. The number of carboxylic acid groups (broad SMARTS) is 1. The van der Waals surface area contributed by atoms with Gasteiger partial charge in [-0.2, -0.15) is 0 Å². The van der Waals surface area contributed by atoms with Crippen molar-refractivity contribution < 1.29 is 19.6 Å². The van der Waals surface area contributed by atoms with E-state index in [0.29, 0.717) is 16.7 Å². The number of carbonyl (C=O) groups is 2. The van der Waals surface area contributed by atoms with Crippen molar-refractivity contribution in [2.45, 2.75) is 12.6 Å². The molecule has 0 aliphatic carbocycles. The predicted octanol–water partition coefficient (Wildman–Crippen LogP) is 2.38. The van der Waals surface area contributed by atoms with Gasteiger partial charge in [-0.15, -0.1) is 0 Å². The van der Waals surface area contributed by atoms with Gasteiger partial charge in [-0.1, -0.05) is 30.3 Å². The van der Waals surface area contributed by atoms with E-state index < -0.39 is 16.9 Å². The van der Waals surface area contributed by atoms with E-state index in [2.05, 4.69) is 0 Å². The molecule has 1 N–H and O–H groups in total. The molecule has 2 aromatic carbocycles. The van der Waals surface area contributed by atoms with Gasteiger partial charge in [0.05, 0.1) is 4.92 Å². The van der Waals surface area contributed by atoms with Gasteiger partial charge in [0, 0.05) is 24.2 Å². The van der Waals surface area contributed by atoms with Crippen LogP contribution in [0.3, 0.4) is 0 Å². The molecular formula is C16H12N2O5. The molecule has 0 aromatic heterocycles. The van der Waals surface area contributed by atoms with E-state index in [1.165, 1.54) is 29.2 Å². The molecule has 0 saturated heterocycles. The number of nitrogens with zero attached hydrogens (tertiary/aromatic N) is 2. The topological polar surface area (TPSA) is 101 Å². The van der Waals surface area contributed by atoms with Gasteiger partial charge in [-0.3, -0.25) is 14.9 Å². The molecule has 1 amide bonds. The zero-order valence-electron chi connectivity index (χ0n) is 11.9. The van der Waals surface area contributed by atoms with Crippen molar-refractivity contribution in [1.29, 1.82) is 0 Å². The highest BCUT2D eigenvalue weighted by Gasteiger charge is 2.40. The molecule has 1 heterocycles. The number of fused-ring (bicyclic) bond motifs is 1. The molecule has 23 heavy (non-hydrogen) atoms. The average Bonchev–Trinajstić information content (AvgIpc) is 2.81. The van der Waals surface area contributed by atoms with Crippen molar-refractivity contribution in [3.05, 3.63) is 75.3 Å². The van der Waals surface area contributed by atoms with E-state index in [0.717, 1.165) is 0 Å². The van der Waals surface area contributed by atoms with Crippen LogP contribution in [0.4, 0.5) is 5.69 Å². The number of hydrogen-bond acceptors (Lipinski definition) is 4. The Kier molecular flexibility index (Phi) is 3.53. The van der Waals surface area contributed by atoms with E-state index in [1.807, 2.05) is 0 Å². The summed E-state index contributed by atoms with van der Waals surface area (Å²) < 4.78 is 0. The first-order valence-electron chi connectivity index (χ1n) is 6.85.